The van der Waals surface area contributed by atoms with Gasteiger partial charge in [-0.15, -0.1) is 0 Å². The smallest absolute Gasteiger partial charge is 0.0864 e. The monoisotopic (exact) mass is 294 g/mol. The minimum Gasteiger partial charge on any atom is -0.473 e. The molecule has 0 amide bonds. The lowest BCUT2D eigenvalue weighted by Crippen LogP contribution is -1.95. The van der Waals surface area contributed by atoms with E-state index in [-0.39, 0.29) is 0 Å². The molecule has 0 aromatic carbocycles. The Bertz CT molecular complexity index is 229. The first-order valence-corrected chi connectivity index (χ1v) is 9.27. The van der Waals surface area contributed by atoms with Crippen molar-refractivity contribution in [1.29, 1.82) is 0 Å². The van der Waals surface area contributed by atoms with Crippen molar-refractivity contribution in [2.75, 3.05) is 0 Å². The predicted molar refractivity (Wildman–Crippen MR) is 95.2 cm³/mol. The number of unbranched alkanes of at least 4 members (excludes halogenated alkanes) is 4. The Kier molecular flexibility index (Phi) is 15.1. The van der Waals surface area contributed by atoms with Crippen molar-refractivity contribution in [3.8, 4) is 0 Å². The Morgan fingerprint density at radius 3 is 1.43 bits per heavy atom. The normalized spacial score (nSPS) is 14.9. The maximum Gasteiger partial charge on any atom is 0.0864 e. The van der Waals surface area contributed by atoms with Crippen molar-refractivity contribution in [3.05, 3.63) is 24.7 Å². The molecular formula is C20H38O. The predicted octanol–water partition coefficient (Wildman–Crippen LogP) is 7.24. The molecule has 1 heteroatoms. The lowest BCUT2D eigenvalue weighted by Gasteiger charge is -2.09. The Balaban J connectivity index is 3.90. The maximum atomic E-state index is 5.55. The van der Waals surface area contributed by atoms with E-state index in [0.29, 0.717) is 11.8 Å². The minimum atomic E-state index is 0.677. The maximum absolute atomic E-state index is 5.55. The molecule has 0 saturated heterocycles. The van der Waals surface area contributed by atoms with Gasteiger partial charge in [-0.25, -0.2) is 0 Å². The Morgan fingerprint density at radius 2 is 1.10 bits per heavy atom. The van der Waals surface area contributed by atoms with E-state index < -0.39 is 0 Å². The van der Waals surface area contributed by atoms with Crippen LogP contribution in [0.25, 0.3) is 0 Å². The van der Waals surface area contributed by atoms with Crippen molar-refractivity contribution in [3.63, 3.8) is 0 Å². The summed E-state index contributed by atoms with van der Waals surface area (Å²) < 4.78 is 5.55. The van der Waals surface area contributed by atoms with Gasteiger partial charge in [-0.2, -0.15) is 0 Å². The first-order chi connectivity index (χ1) is 10.3. The van der Waals surface area contributed by atoms with Gasteiger partial charge in [-0.3, -0.25) is 0 Å². The van der Waals surface area contributed by atoms with Gasteiger partial charge in [0.15, 0.2) is 0 Å². The summed E-state index contributed by atoms with van der Waals surface area (Å²) in [6.07, 6.45) is 21.2. The number of rotatable bonds is 14. The van der Waals surface area contributed by atoms with Gasteiger partial charge < -0.3 is 4.74 Å². The number of hydrogen-bond acceptors (Lipinski definition) is 1. The SMILES string of the molecule is CCCCCC(C=COC=CC(CC)CCCCC)CC. The van der Waals surface area contributed by atoms with Crippen LogP contribution in [-0.4, -0.2) is 0 Å². The topological polar surface area (TPSA) is 9.23 Å². The summed E-state index contributed by atoms with van der Waals surface area (Å²) in [5, 5.41) is 0. The standard InChI is InChI=1S/C20H38O/c1-5-9-11-13-19(7-3)15-17-21-18-16-20(8-4)14-12-10-6-2/h15-20H,5-14H2,1-4H3. The zero-order valence-corrected chi connectivity index (χ0v) is 14.9. The third-order valence-corrected chi connectivity index (χ3v) is 4.26. The van der Waals surface area contributed by atoms with E-state index in [9.17, 15) is 0 Å². The Morgan fingerprint density at radius 1 is 0.667 bits per heavy atom. The van der Waals surface area contributed by atoms with Crippen LogP contribution in [0.2, 0.25) is 0 Å². The van der Waals surface area contributed by atoms with E-state index in [1.807, 2.05) is 12.5 Å². The molecule has 0 aliphatic heterocycles. The fraction of sp³-hybridized carbons (Fsp3) is 0.800. The van der Waals surface area contributed by atoms with Crippen molar-refractivity contribution >= 4 is 0 Å². The van der Waals surface area contributed by atoms with Gasteiger partial charge in [-0.05, 0) is 49.7 Å². The summed E-state index contributed by atoms with van der Waals surface area (Å²) in [4.78, 5) is 0. The molecule has 0 N–H and O–H groups in total. The highest BCUT2D eigenvalue weighted by Crippen LogP contribution is 2.16. The third-order valence-electron chi connectivity index (χ3n) is 4.26. The first-order valence-electron chi connectivity index (χ1n) is 9.27. The highest BCUT2D eigenvalue weighted by Gasteiger charge is 2.02. The molecule has 0 aromatic heterocycles. The molecule has 0 aromatic rings. The van der Waals surface area contributed by atoms with Crippen molar-refractivity contribution < 1.29 is 4.74 Å². The van der Waals surface area contributed by atoms with Crippen LogP contribution in [0.15, 0.2) is 24.7 Å². The number of ether oxygens (including phenoxy) is 1. The Hall–Kier alpha value is -0.720. The largest absolute Gasteiger partial charge is 0.473 e. The molecule has 0 saturated carbocycles. The van der Waals surface area contributed by atoms with Gasteiger partial charge in [0.05, 0.1) is 12.5 Å². The zero-order valence-electron chi connectivity index (χ0n) is 14.9. The fourth-order valence-electron chi connectivity index (χ4n) is 2.54. The second-order valence-electron chi connectivity index (χ2n) is 6.12. The van der Waals surface area contributed by atoms with Crippen LogP contribution in [0.4, 0.5) is 0 Å². The van der Waals surface area contributed by atoms with E-state index in [2.05, 4.69) is 39.8 Å². The van der Waals surface area contributed by atoms with E-state index in [0.717, 1.165) is 0 Å². The molecule has 0 bridgehead atoms. The summed E-state index contributed by atoms with van der Waals surface area (Å²) in [6, 6.07) is 0. The summed E-state index contributed by atoms with van der Waals surface area (Å²) in [6.45, 7) is 9.04. The van der Waals surface area contributed by atoms with E-state index in [1.165, 1.54) is 64.2 Å². The van der Waals surface area contributed by atoms with Gasteiger partial charge in [-0.1, -0.05) is 66.2 Å². The van der Waals surface area contributed by atoms with Gasteiger partial charge >= 0.3 is 0 Å². The molecule has 21 heavy (non-hydrogen) atoms. The van der Waals surface area contributed by atoms with Crippen LogP contribution in [0.3, 0.4) is 0 Å². The highest BCUT2D eigenvalue weighted by atomic mass is 16.5. The molecule has 0 radical (unpaired) electrons. The molecule has 0 spiro atoms. The van der Waals surface area contributed by atoms with Gasteiger partial charge in [0.1, 0.15) is 0 Å². The molecular weight excluding hydrogens is 256 g/mol. The fourth-order valence-corrected chi connectivity index (χ4v) is 2.54. The summed E-state index contributed by atoms with van der Waals surface area (Å²) in [5.74, 6) is 1.35. The first kappa shape index (κ1) is 20.3. The number of hydrogen-bond donors (Lipinski definition) is 0. The lowest BCUT2D eigenvalue weighted by atomic mass is 9.99. The average molecular weight is 295 g/mol. The minimum absolute atomic E-state index is 0.677. The second-order valence-corrected chi connectivity index (χ2v) is 6.12. The zero-order chi connectivity index (χ0) is 15.8. The molecule has 124 valence electrons. The van der Waals surface area contributed by atoms with Crippen LogP contribution < -0.4 is 0 Å². The van der Waals surface area contributed by atoms with E-state index >= 15 is 0 Å². The molecule has 0 aliphatic rings. The molecule has 0 fully saturated rings. The van der Waals surface area contributed by atoms with E-state index in [1.54, 1.807) is 0 Å². The van der Waals surface area contributed by atoms with Crippen LogP contribution in [-0.2, 0) is 4.74 Å². The molecule has 0 rings (SSSR count). The third kappa shape index (κ3) is 12.7. The second kappa shape index (κ2) is 15.7. The highest BCUT2D eigenvalue weighted by molar-refractivity contribution is 4.87. The molecule has 0 heterocycles. The van der Waals surface area contributed by atoms with E-state index in [4.69, 9.17) is 4.74 Å². The number of allylic oxidation sites excluding steroid dienone is 2. The summed E-state index contributed by atoms with van der Waals surface area (Å²) >= 11 is 0. The molecule has 2 unspecified atom stereocenters. The van der Waals surface area contributed by atoms with Crippen molar-refractivity contribution in [1.82, 2.24) is 0 Å². The summed E-state index contributed by atoms with van der Waals surface area (Å²) in [7, 11) is 0. The molecule has 1 nitrogen and oxygen atoms in total. The van der Waals surface area contributed by atoms with Crippen molar-refractivity contribution in [2.24, 2.45) is 11.8 Å². The lowest BCUT2D eigenvalue weighted by molar-refractivity contribution is 0.384. The van der Waals surface area contributed by atoms with Crippen molar-refractivity contribution in [2.45, 2.75) is 91.9 Å². The Labute approximate surface area is 133 Å². The van der Waals surface area contributed by atoms with Gasteiger partial charge in [0, 0.05) is 0 Å². The molecule has 2 atom stereocenters. The molecule has 0 aliphatic carbocycles. The van der Waals surface area contributed by atoms with Crippen LogP contribution >= 0.6 is 0 Å². The quantitative estimate of drug-likeness (QED) is 0.242. The summed E-state index contributed by atoms with van der Waals surface area (Å²) in [5.41, 5.74) is 0. The van der Waals surface area contributed by atoms with Crippen LogP contribution in [0.5, 0.6) is 0 Å². The van der Waals surface area contributed by atoms with Crippen LogP contribution in [0.1, 0.15) is 91.9 Å². The van der Waals surface area contributed by atoms with Gasteiger partial charge in [0.2, 0.25) is 0 Å². The van der Waals surface area contributed by atoms with Gasteiger partial charge in [0.25, 0.3) is 0 Å². The average Bonchev–Trinajstić information content (AvgIpc) is 2.51. The van der Waals surface area contributed by atoms with Crippen LogP contribution in [0, 0.1) is 11.8 Å².